The maximum atomic E-state index is 13.3. The molecule has 176 valence electrons. The van der Waals surface area contributed by atoms with Gasteiger partial charge in [0.05, 0.1) is 16.5 Å². The van der Waals surface area contributed by atoms with Crippen molar-refractivity contribution >= 4 is 38.9 Å². The van der Waals surface area contributed by atoms with E-state index in [-0.39, 0.29) is 35.4 Å². The molecule has 9 heteroatoms. The van der Waals surface area contributed by atoms with E-state index in [0.717, 1.165) is 22.9 Å². The molecule has 0 spiro atoms. The van der Waals surface area contributed by atoms with Crippen LogP contribution < -0.4 is 14.9 Å². The van der Waals surface area contributed by atoms with Crippen molar-refractivity contribution < 1.29 is 22.4 Å². The van der Waals surface area contributed by atoms with E-state index in [4.69, 9.17) is 0 Å². The van der Waals surface area contributed by atoms with Crippen molar-refractivity contribution in [3.63, 3.8) is 0 Å². The molecule has 0 aliphatic carbocycles. The molecule has 4 rings (SSSR count). The Morgan fingerprint density at radius 1 is 1.00 bits per heavy atom. The Hall–Kier alpha value is -3.72. The summed E-state index contributed by atoms with van der Waals surface area (Å²) in [6.45, 7) is 4.20. The van der Waals surface area contributed by atoms with Crippen molar-refractivity contribution in [2.45, 2.75) is 25.2 Å². The lowest BCUT2D eigenvalue weighted by Gasteiger charge is -2.20. The summed E-state index contributed by atoms with van der Waals surface area (Å²) >= 11 is 0. The molecular formula is C25H24FN3O4S. The minimum Gasteiger partial charge on any atom is -0.326 e. The van der Waals surface area contributed by atoms with E-state index in [1.54, 1.807) is 4.90 Å². The fraction of sp³-hybridized carbons (Fsp3) is 0.200. The minimum absolute atomic E-state index is 0.0353. The van der Waals surface area contributed by atoms with E-state index < -0.39 is 21.8 Å². The number of rotatable bonds is 6. The van der Waals surface area contributed by atoms with Crippen molar-refractivity contribution in [1.82, 2.24) is 0 Å². The number of hydrogen-bond donors (Lipinski definition) is 2. The molecular weight excluding hydrogens is 457 g/mol. The first kappa shape index (κ1) is 23.4. The predicted octanol–water partition coefficient (Wildman–Crippen LogP) is 4.23. The van der Waals surface area contributed by atoms with Crippen LogP contribution in [0.4, 0.5) is 21.5 Å². The summed E-state index contributed by atoms with van der Waals surface area (Å²) in [5, 5.41) is 2.76. The highest BCUT2D eigenvalue weighted by Crippen LogP contribution is 2.30. The summed E-state index contributed by atoms with van der Waals surface area (Å²) in [5.41, 5.74) is 3.39. The van der Waals surface area contributed by atoms with Gasteiger partial charge in [0.25, 0.3) is 10.0 Å². The number of anilines is 3. The van der Waals surface area contributed by atoms with Crippen LogP contribution in [-0.4, -0.2) is 26.8 Å². The molecule has 1 heterocycles. The molecule has 2 amide bonds. The molecule has 1 saturated heterocycles. The van der Waals surface area contributed by atoms with Gasteiger partial charge in [0, 0.05) is 24.3 Å². The lowest BCUT2D eigenvalue weighted by Crippen LogP contribution is -2.28. The highest BCUT2D eigenvalue weighted by atomic mass is 32.2. The molecule has 1 aliphatic rings. The number of carbonyl (C=O) groups excluding carboxylic acids is 2. The zero-order chi connectivity index (χ0) is 24.5. The first-order chi connectivity index (χ1) is 16.1. The summed E-state index contributed by atoms with van der Waals surface area (Å²) in [6, 6.07) is 16.5. The number of nitrogens with one attached hydrogen (secondary N) is 2. The van der Waals surface area contributed by atoms with E-state index in [1.165, 1.54) is 42.5 Å². The van der Waals surface area contributed by atoms with Gasteiger partial charge < -0.3 is 10.2 Å². The number of amides is 2. The van der Waals surface area contributed by atoms with Crippen molar-refractivity contribution in [3.8, 4) is 0 Å². The summed E-state index contributed by atoms with van der Waals surface area (Å²) < 4.78 is 40.7. The highest BCUT2D eigenvalue weighted by Gasteiger charge is 2.35. The molecule has 0 saturated carbocycles. The Bertz CT molecular complexity index is 1360. The first-order valence-corrected chi connectivity index (χ1v) is 12.2. The Balaban J connectivity index is 1.42. The molecule has 34 heavy (non-hydrogen) atoms. The monoisotopic (exact) mass is 481 g/mol. The summed E-state index contributed by atoms with van der Waals surface area (Å²) in [6.07, 6.45) is 0.100. The van der Waals surface area contributed by atoms with Gasteiger partial charge in [0.2, 0.25) is 11.8 Å². The highest BCUT2D eigenvalue weighted by molar-refractivity contribution is 7.92. The second kappa shape index (κ2) is 9.26. The van der Waals surface area contributed by atoms with Gasteiger partial charge in [0.1, 0.15) is 5.82 Å². The average Bonchev–Trinajstić information content (AvgIpc) is 3.17. The number of sulfonamides is 1. The molecule has 1 unspecified atom stereocenters. The zero-order valence-corrected chi connectivity index (χ0v) is 19.5. The lowest BCUT2D eigenvalue weighted by molar-refractivity contribution is -0.122. The maximum Gasteiger partial charge on any atom is 0.261 e. The molecule has 3 aromatic rings. The van der Waals surface area contributed by atoms with Gasteiger partial charge in [0.15, 0.2) is 0 Å². The fourth-order valence-electron chi connectivity index (χ4n) is 3.87. The van der Waals surface area contributed by atoms with E-state index >= 15 is 0 Å². The van der Waals surface area contributed by atoms with Crippen molar-refractivity contribution in [3.05, 3.63) is 83.7 Å². The Morgan fingerprint density at radius 2 is 1.71 bits per heavy atom. The summed E-state index contributed by atoms with van der Waals surface area (Å²) in [7, 11) is -3.92. The van der Waals surface area contributed by atoms with Gasteiger partial charge in [-0.3, -0.25) is 14.3 Å². The fourth-order valence-corrected chi connectivity index (χ4v) is 4.92. The van der Waals surface area contributed by atoms with Crippen LogP contribution >= 0.6 is 0 Å². The van der Waals surface area contributed by atoms with E-state index in [9.17, 15) is 22.4 Å². The lowest BCUT2D eigenvalue weighted by atomic mass is 10.1. The molecule has 1 atom stereocenters. The van der Waals surface area contributed by atoms with Crippen LogP contribution in [0.15, 0.2) is 71.6 Å². The second-order valence-corrected chi connectivity index (χ2v) is 9.94. The largest absolute Gasteiger partial charge is 0.326 e. The Morgan fingerprint density at radius 3 is 2.41 bits per heavy atom. The third-order valence-electron chi connectivity index (χ3n) is 5.87. The normalized spacial score (nSPS) is 15.9. The topological polar surface area (TPSA) is 95.6 Å². The standard InChI is InChI=1S/C25H24FN3O4S/c1-16-5-3-8-23(17(16)2)29-15-18(13-24(29)30)25(31)27-20-9-11-22(12-10-20)34(32,33)28-21-7-4-6-19(26)14-21/h3-12,14,18,28H,13,15H2,1-2H3,(H,27,31). The maximum absolute atomic E-state index is 13.3. The third-order valence-corrected chi connectivity index (χ3v) is 7.27. The van der Waals surface area contributed by atoms with Crippen LogP contribution in [0.2, 0.25) is 0 Å². The van der Waals surface area contributed by atoms with Gasteiger partial charge in [-0.1, -0.05) is 18.2 Å². The molecule has 2 N–H and O–H groups in total. The molecule has 7 nitrogen and oxygen atoms in total. The summed E-state index contributed by atoms with van der Waals surface area (Å²) in [4.78, 5) is 27.0. The number of aryl methyl sites for hydroxylation is 1. The molecule has 0 bridgehead atoms. The van der Waals surface area contributed by atoms with Gasteiger partial charge in [-0.2, -0.15) is 0 Å². The van der Waals surface area contributed by atoms with Crippen LogP contribution in [-0.2, 0) is 19.6 Å². The predicted molar refractivity (Wildman–Crippen MR) is 129 cm³/mol. The number of halogens is 1. The smallest absolute Gasteiger partial charge is 0.261 e. The van der Waals surface area contributed by atoms with Crippen molar-refractivity contribution in [1.29, 1.82) is 0 Å². The minimum atomic E-state index is -3.92. The Labute approximate surface area is 197 Å². The summed E-state index contributed by atoms with van der Waals surface area (Å²) in [5.74, 6) is -1.50. The average molecular weight is 482 g/mol. The van der Waals surface area contributed by atoms with Crippen LogP contribution in [0.5, 0.6) is 0 Å². The Kier molecular flexibility index (Phi) is 6.39. The van der Waals surface area contributed by atoms with Crippen molar-refractivity contribution in [2.75, 3.05) is 21.5 Å². The van der Waals surface area contributed by atoms with Crippen LogP contribution in [0.3, 0.4) is 0 Å². The molecule has 3 aromatic carbocycles. The van der Waals surface area contributed by atoms with Crippen LogP contribution in [0.1, 0.15) is 17.5 Å². The second-order valence-electron chi connectivity index (χ2n) is 8.25. The van der Waals surface area contributed by atoms with Gasteiger partial charge >= 0.3 is 0 Å². The number of carbonyl (C=O) groups is 2. The van der Waals surface area contributed by atoms with Gasteiger partial charge in [-0.05, 0) is 73.5 Å². The van der Waals surface area contributed by atoms with Gasteiger partial charge in [-0.15, -0.1) is 0 Å². The zero-order valence-electron chi connectivity index (χ0n) is 18.7. The third kappa shape index (κ3) is 4.94. The molecule has 0 aromatic heterocycles. The number of nitrogens with zero attached hydrogens (tertiary/aromatic N) is 1. The van der Waals surface area contributed by atoms with E-state index in [1.807, 2.05) is 32.0 Å². The van der Waals surface area contributed by atoms with Gasteiger partial charge in [-0.25, -0.2) is 12.8 Å². The number of benzene rings is 3. The molecule has 0 radical (unpaired) electrons. The first-order valence-electron chi connectivity index (χ1n) is 10.7. The molecule has 1 fully saturated rings. The number of hydrogen-bond acceptors (Lipinski definition) is 4. The van der Waals surface area contributed by atoms with E-state index in [2.05, 4.69) is 10.0 Å². The quantitative estimate of drug-likeness (QED) is 0.551. The molecule has 1 aliphatic heterocycles. The van der Waals surface area contributed by atoms with Crippen LogP contribution in [0.25, 0.3) is 0 Å². The van der Waals surface area contributed by atoms with Crippen molar-refractivity contribution in [2.24, 2.45) is 5.92 Å². The van der Waals surface area contributed by atoms with E-state index in [0.29, 0.717) is 5.69 Å². The SMILES string of the molecule is Cc1cccc(N2CC(C(=O)Nc3ccc(S(=O)(=O)Nc4cccc(F)c4)cc3)CC2=O)c1C. The van der Waals surface area contributed by atoms with Crippen LogP contribution in [0, 0.1) is 25.6 Å².